The normalized spacial score (nSPS) is 13.7. The second kappa shape index (κ2) is 8.76. The van der Waals surface area contributed by atoms with Crippen molar-refractivity contribution < 1.29 is 35.5 Å². The number of pyridine rings is 1. The van der Waals surface area contributed by atoms with Gasteiger partial charge in [-0.25, -0.2) is 17.8 Å². The number of rotatable bonds is 4. The zero-order valence-electron chi connectivity index (χ0n) is 16.9. The third-order valence-corrected chi connectivity index (χ3v) is 6.39. The van der Waals surface area contributed by atoms with Crippen LogP contribution in [0, 0.1) is 5.82 Å². The molecule has 3 aromatic rings. The number of fused-ring (bicyclic) bond motifs is 1. The quantitative estimate of drug-likeness (QED) is 0.507. The zero-order chi connectivity index (χ0) is 24.7. The van der Waals surface area contributed by atoms with Crippen LogP contribution in [0.5, 0.6) is 5.75 Å². The number of nitrogens with one attached hydrogen (secondary N) is 1. The molecule has 178 valence electrons. The maximum atomic E-state index is 14.1. The number of ether oxygens (including phenoxy) is 1. The van der Waals surface area contributed by atoms with Crippen LogP contribution in [0.3, 0.4) is 0 Å². The lowest BCUT2D eigenvalue weighted by Gasteiger charge is -2.29. The molecule has 0 spiro atoms. The van der Waals surface area contributed by atoms with Crippen molar-refractivity contribution in [2.45, 2.75) is 11.1 Å². The van der Waals surface area contributed by atoms with Crippen LogP contribution in [0.4, 0.5) is 28.9 Å². The van der Waals surface area contributed by atoms with Gasteiger partial charge in [0, 0.05) is 6.20 Å². The van der Waals surface area contributed by atoms with E-state index in [9.17, 15) is 30.8 Å². The van der Waals surface area contributed by atoms with Crippen LogP contribution < -0.4 is 14.4 Å². The Balaban J connectivity index is 1.72. The molecule has 4 rings (SSSR count). The Labute approximate surface area is 196 Å². The van der Waals surface area contributed by atoms with Gasteiger partial charge >= 0.3 is 6.18 Å². The van der Waals surface area contributed by atoms with Gasteiger partial charge in [0.2, 0.25) is 0 Å². The Bertz CT molecular complexity index is 1380. The van der Waals surface area contributed by atoms with Crippen LogP contribution in [0.1, 0.15) is 16.1 Å². The summed E-state index contributed by atoms with van der Waals surface area (Å²) in [5.41, 5.74) is -1.81. The Morgan fingerprint density at radius 3 is 2.62 bits per heavy atom. The zero-order valence-corrected chi connectivity index (χ0v) is 18.5. The van der Waals surface area contributed by atoms with Crippen LogP contribution in [0.2, 0.25) is 5.02 Å². The number of carbonyl (C=O) groups excluding carboxylic acids is 1. The van der Waals surface area contributed by atoms with Gasteiger partial charge in [0.05, 0.1) is 33.4 Å². The summed E-state index contributed by atoms with van der Waals surface area (Å²) in [4.78, 5) is 17.7. The molecule has 34 heavy (non-hydrogen) atoms. The molecule has 0 saturated heterocycles. The average molecular weight is 516 g/mol. The molecule has 2 aromatic carbocycles. The van der Waals surface area contributed by atoms with Crippen molar-refractivity contribution in [3.63, 3.8) is 0 Å². The second-order valence-electron chi connectivity index (χ2n) is 7.07. The van der Waals surface area contributed by atoms with Crippen LogP contribution in [-0.4, -0.2) is 32.5 Å². The molecule has 1 N–H and O–H groups in total. The summed E-state index contributed by atoms with van der Waals surface area (Å²) in [7, 11) is -4.57. The SMILES string of the molecule is O=C(c1ncc(Cl)cc1NS(=O)(=O)c1cccc(C(F)(F)F)c1)N1CCOc2c(F)cccc21. The van der Waals surface area contributed by atoms with Gasteiger partial charge in [-0.1, -0.05) is 23.7 Å². The fraction of sp³-hybridized carbons (Fsp3) is 0.143. The monoisotopic (exact) mass is 515 g/mol. The number of carbonyl (C=O) groups is 1. The van der Waals surface area contributed by atoms with Gasteiger partial charge in [-0.15, -0.1) is 0 Å². The summed E-state index contributed by atoms with van der Waals surface area (Å²) >= 11 is 5.93. The third kappa shape index (κ3) is 4.64. The highest BCUT2D eigenvalue weighted by Gasteiger charge is 2.33. The van der Waals surface area contributed by atoms with E-state index in [0.29, 0.717) is 6.07 Å². The minimum atomic E-state index is -4.76. The van der Waals surface area contributed by atoms with E-state index in [2.05, 4.69) is 9.71 Å². The van der Waals surface area contributed by atoms with Crippen LogP contribution >= 0.6 is 11.6 Å². The number of nitrogens with zero attached hydrogens (tertiary/aromatic N) is 2. The smallest absolute Gasteiger partial charge is 0.416 e. The molecule has 0 saturated carbocycles. The molecule has 1 amide bonds. The van der Waals surface area contributed by atoms with Gasteiger partial charge in [0.25, 0.3) is 15.9 Å². The Morgan fingerprint density at radius 1 is 1.15 bits per heavy atom. The summed E-state index contributed by atoms with van der Waals surface area (Å²) < 4.78 is 86.2. The Kier molecular flexibility index (Phi) is 6.13. The summed E-state index contributed by atoms with van der Waals surface area (Å²) in [6.07, 6.45) is -3.66. The molecule has 1 aliphatic rings. The summed E-state index contributed by atoms with van der Waals surface area (Å²) in [5.74, 6) is -1.64. The van der Waals surface area contributed by atoms with E-state index < -0.39 is 44.1 Å². The highest BCUT2D eigenvalue weighted by atomic mass is 35.5. The molecule has 0 radical (unpaired) electrons. The van der Waals surface area contributed by atoms with E-state index in [1.165, 1.54) is 12.1 Å². The highest BCUT2D eigenvalue weighted by Crippen LogP contribution is 2.36. The molecule has 1 aliphatic heterocycles. The predicted octanol–water partition coefficient (Wildman–Crippen LogP) is 4.73. The van der Waals surface area contributed by atoms with E-state index in [4.69, 9.17) is 16.3 Å². The lowest BCUT2D eigenvalue weighted by atomic mass is 10.2. The number of halogens is 5. The maximum Gasteiger partial charge on any atom is 0.416 e. The number of sulfonamides is 1. The van der Waals surface area contributed by atoms with Gasteiger partial charge in [-0.3, -0.25) is 14.4 Å². The van der Waals surface area contributed by atoms with Gasteiger partial charge in [-0.2, -0.15) is 13.2 Å². The van der Waals surface area contributed by atoms with E-state index in [-0.39, 0.29) is 35.3 Å². The number of aromatic nitrogens is 1. The first-order valence-corrected chi connectivity index (χ1v) is 11.4. The number of para-hydroxylation sites is 1. The second-order valence-corrected chi connectivity index (χ2v) is 9.19. The fourth-order valence-corrected chi connectivity index (χ4v) is 4.54. The fourth-order valence-electron chi connectivity index (χ4n) is 3.28. The van der Waals surface area contributed by atoms with Crippen molar-refractivity contribution in [3.05, 3.63) is 76.8 Å². The molecular formula is C21H14ClF4N3O4S. The first-order chi connectivity index (χ1) is 16.0. The van der Waals surface area contributed by atoms with Crippen LogP contribution in [0.25, 0.3) is 0 Å². The Morgan fingerprint density at radius 2 is 1.88 bits per heavy atom. The van der Waals surface area contributed by atoms with Crippen molar-refractivity contribution in [3.8, 4) is 5.75 Å². The van der Waals surface area contributed by atoms with E-state index in [1.807, 2.05) is 0 Å². The van der Waals surface area contributed by atoms with Crippen molar-refractivity contribution in [1.29, 1.82) is 0 Å². The summed E-state index contributed by atoms with van der Waals surface area (Å²) in [6, 6.07) is 8.17. The lowest BCUT2D eigenvalue weighted by molar-refractivity contribution is -0.137. The maximum absolute atomic E-state index is 14.1. The topological polar surface area (TPSA) is 88.6 Å². The number of benzene rings is 2. The van der Waals surface area contributed by atoms with Crippen molar-refractivity contribution in [2.24, 2.45) is 0 Å². The van der Waals surface area contributed by atoms with E-state index in [0.717, 1.165) is 41.4 Å². The van der Waals surface area contributed by atoms with Crippen molar-refractivity contribution >= 4 is 38.9 Å². The predicted molar refractivity (Wildman–Crippen MR) is 115 cm³/mol. The molecule has 0 fully saturated rings. The first-order valence-electron chi connectivity index (χ1n) is 9.56. The number of anilines is 2. The molecule has 0 aliphatic carbocycles. The van der Waals surface area contributed by atoms with Crippen LogP contribution in [-0.2, 0) is 16.2 Å². The van der Waals surface area contributed by atoms with Gasteiger partial charge in [0.15, 0.2) is 17.3 Å². The summed E-state index contributed by atoms with van der Waals surface area (Å²) in [5, 5.41) is -0.0354. The van der Waals surface area contributed by atoms with E-state index in [1.54, 1.807) is 0 Å². The average Bonchev–Trinajstić information content (AvgIpc) is 2.78. The first kappa shape index (κ1) is 23.8. The third-order valence-electron chi connectivity index (χ3n) is 4.82. The minimum absolute atomic E-state index is 0.0133. The number of alkyl halides is 3. The van der Waals surface area contributed by atoms with Crippen molar-refractivity contribution in [1.82, 2.24) is 4.98 Å². The lowest BCUT2D eigenvalue weighted by Crippen LogP contribution is -2.39. The largest absolute Gasteiger partial charge is 0.486 e. The van der Waals surface area contributed by atoms with Crippen LogP contribution in [0.15, 0.2) is 59.6 Å². The summed E-state index contributed by atoms with van der Waals surface area (Å²) in [6.45, 7) is -0.0159. The molecule has 13 heteroatoms. The van der Waals surface area contributed by atoms with Crippen molar-refractivity contribution in [2.75, 3.05) is 22.8 Å². The highest BCUT2D eigenvalue weighted by molar-refractivity contribution is 7.92. The number of hydrogen-bond acceptors (Lipinski definition) is 5. The molecule has 0 atom stereocenters. The van der Waals surface area contributed by atoms with Gasteiger partial charge < -0.3 is 4.74 Å². The minimum Gasteiger partial charge on any atom is -0.486 e. The van der Waals surface area contributed by atoms with E-state index >= 15 is 0 Å². The molecular weight excluding hydrogens is 502 g/mol. The Hall–Kier alpha value is -3.38. The molecule has 0 bridgehead atoms. The van der Waals surface area contributed by atoms with Gasteiger partial charge in [-0.05, 0) is 36.4 Å². The molecule has 0 unspecified atom stereocenters. The molecule has 2 heterocycles. The molecule has 7 nitrogen and oxygen atoms in total. The number of hydrogen-bond donors (Lipinski definition) is 1. The molecule has 1 aromatic heterocycles. The standard InChI is InChI=1S/C21H14ClF4N3O4S/c22-13-10-16(28-34(31,32)14-4-1-3-12(9-14)21(24,25)26)18(27-11-13)20(30)29-7-8-33-19-15(23)5-2-6-17(19)29/h1-6,9-11,28H,7-8H2. The van der Waals surface area contributed by atoms with Gasteiger partial charge in [0.1, 0.15) is 6.61 Å². The number of amides is 1.